The Balaban J connectivity index is 1.67. The van der Waals surface area contributed by atoms with E-state index in [-0.39, 0.29) is 12.3 Å². The van der Waals surface area contributed by atoms with Gasteiger partial charge in [-0.3, -0.25) is 19.3 Å². The fraction of sp³-hybridized carbons (Fsp3) is 0.261. The van der Waals surface area contributed by atoms with Crippen molar-refractivity contribution in [1.82, 2.24) is 4.90 Å². The number of carbonyl (C=O) groups excluding carboxylic acids is 3. The number of benzene rings is 2. The van der Waals surface area contributed by atoms with Crippen molar-refractivity contribution in [3.05, 3.63) is 64.6 Å². The van der Waals surface area contributed by atoms with Gasteiger partial charge < -0.3 is 9.47 Å². The van der Waals surface area contributed by atoms with E-state index in [9.17, 15) is 14.4 Å². The molecule has 0 saturated carbocycles. The lowest BCUT2D eigenvalue weighted by atomic mass is 10.1. The van der Waals surface area contributed by atoms with Crippen LogP contribution >= 0.6 is 11.8 Å². The van der Waals surface area contributed by atoms with Crippen LogP contribution < -0.4 is 9.47 Å². The number of rotatable bonds is 8. The molecule has 0 N–H and O–H groups in total. The quantitative estimate of drug-likeness (QED) is 0.453. The van der Waals surface area contributed by atoms with Crippen LogP contribution in [0, 0.1) is 5.92 Å². The average Bonchev–Trinajstić information content (AvgIpc) is 3.00. The van der Waals surface area contributed by atoms with E-state index >= 15 is 0 Å². The molecule has 1 saturated heterocycles. The van der Waals surface area contributed by atoms with Gasteiger partial charge in [0.1, 0.15) is 11.5 Å². The maximum atomic E-state index is 12.7. The first-order chi connectivity index (χ1) is 14.4. The third kappa shape index (κ3) is 5.30. The Morgan fingerprint density at radius 3 is 2.27 bits per heavy atom. The molecule has 7 heteroatoms. The van der Waals surface area contributed by atoms with Gasteiger partial charge in [0.05, 0.1) is 25.2 Å². The Morgan fingerprint density at radius 1 is 1.03 bits per heavy atom. The van der Waals surface area contributed by atoms with E-state index in [0.29, 0.717) is 28.7 Å². The summed E-state index contributed by atoms with van der Waals surface area (Å²) < 4.78 is 10.7. The van der Waals surface area contributed by atoms with Crippen molar-refractivity contribution in [2.24, 2.45) is 5.92 Å². The number of thioether (sulfide) groups is 1. The lowest BCUT2D eigenvalue weighted by molar-refractivity contribution is -0.122. The summed E-state index contributed by atoms with van der Waals surface area (Å²) >= 11 is 0.833. The Hall–Kier alpha value is -3.06. The van der Waals surface area contributed by atoms with E-state index in [1.807, 2.05) is 24.3 Å². The molecule has 6 nitrogen and oxygen atoms in total. The number of ketones is 1. The van der Waals surface area contributed by atoms with Crippen molar-refractivity contribution in [3.8, 4) is 11.5 Å². The van der Waals surface area contributed by atoms with Crippen LogP contribution in [0.4, 0.5) is 4.79 Å². The summed E-state index contributed by atoms with van der Waals surface area (Å²) in [5, 5.41) is -0.454. The maximum Gasteiger partial charge on any atom is 0.293 e. The molecule has 0 spiro atoms. The molecule has 0 atom stereocenters. The molecule has 2 aromatic rings. The van der Waals surface area contributed by atoms with E-state index in [0.717, 1.165) is 28.0 Å². The van der Waals surface area contributed by atoms with Gasteiger partial charge in [0.15, 0.2) is 5.78 Å². The molecule has 0 unspecified atom stereocenters. The number of ether oxygens (including phenoxy) is 2. The van der Waals surface area contributed by atoms with Crippen LogP contribution in [-0.2, 0) is 4.79 Å². The summed E-state index contributed by atoms with van der Waals surface area (Å²) in [6, 6.07) is 13.8. The third-order valence-electron chi connectivity index (χ3n) is 4.35. The molecule has 30 heavy (non-hydrogen) atoms. The van der Waals surface area contributed by atoms with Crippen LogP contribution in [0.5, 0.6) is 11.5 Å². The molecule has 1 aliphatic rings. The molecule has 2 amide bonds. The van der Waals surface area contributed by atoms with Crippen LogP contribution in [-0.4, -0.2) is 42.1 Å². The fourth-order valence-electron chi connectivity index (χ4n) is 2.72. The number of amides is 2. The van der Waals surface area contributed by atoms with Crippen molar-refractivity contribution in [3.63, 3.8) is 0 Å². The van der Waals surface area contributed by atoms with E-state index in [4.69, 9.17) is 9.47 Å². The molecule has 0 radical (unpaired) electrons. The van der Waals surface area contributed by atoms with Crippen molar-refractivity contribution >= 4 is 34.8 Å². The van der Waals surface area contributed by atoms with E-state index in [2.05, 4.69) is 13.8 Å². The highest BCUT2D eigenvalue weighted by Crippen LogP contribution is 2.32. The van der Waals surface area contributed by atoms with Crippen LogP contribution in [0.1, 0.15) is 29.8 Å². The van der Waals surface area contributed by atoms with Crippen LogP contribution in [0.3, 0.4) is 0 Å². The van der Waals surface area contributed by atoms with Gasteiger partial charge in [0.2, 0.25) is 0 Å². The predicted molar refractivity (Wildman–Crippen MR) is 117 cm³/mol. The minimum atomic E-state index is -0.466. The number of nitrogens with zero attached hydrogens (tertiary/aromatic N) is 1. The fourth-order valence-corrected chi connectivity index (χ4v) is 3.56. The average molecular weight is 426 g/mol. The molecular weight excluding hydrogens is 402 g/mol. The normalized spacial score (nSPS) is 15.2. The summed E-state index contributed by atoms with van der Waals surface area (Å²) in [5.74, 6) is 1.03. The van der Waals surface area contributed by atoms with Gasteiger partial charge in [-0.25, -0.2) is 0 Å². The first kappa shape index (κ1) is 21.6. The number of hydrogen-bond donors (Lipinski definition) is 0. The largest absolute Gasteiger partial charge is 0.497 e. The van der Waals surface area contributed by atoms with Gasteiger partial charge >= 0.3 is 0 Å². The summed E-state index contributed by atoms with van der Waals surface area (Å²) in [5.41, 5.74) is 1.19. The summed E-state index contributed by atoms with van der Waals surface area (Å²) in [4.78, 5) is 38.7. The first-order valence-corrected chi connectivity index (χ1v) is 10.3. The van der Waals surface area contributed by atoms with Gasteiger partial charge in [-0.1, -0.05) is 26.0 Å². The van der Waals surface area contributed by atoms with Crippen LogP contribution in [0.15, 0.2) is 53.4 Å². The monoisotopic (exact) mass is 425 g/mol. The minimum absolute atomic E-state index is 0.290. The number of Topliss-reactive ketones (excluding diaryl/α,β-unsaturated/α-hetero) is 1. The maximum absolute atomic E-state index is 12.7. The molecule has 0 bridgehead atoms. The number of methoxy groups -OCH3 is 1. The van der Waals surface area contributed by atoms with Gasteiger partial charge in [-0.05, 0) is 65.7 Å². The van der Waals surface area contributed by atoms with Gasteiger partial charge in [-0.2, -0.15) is 0 Å². The van der Waals surface area contributed by atoms with E-state index in [1.54, 1.807) is 30.3 Å². The van der Waals surface area contributed by atoms with Crippen molar-refractivity contribution in [1.29, 1.82) is 0 Å². The van der Waals surface area contributed by atoms with Gasteiger partial charge in [0.25, 0.3) is 11.1 Å². The third-order valence-corrected chi connectivity index (χ3v) is 5.26. The molecule has 1 aliphatic heterocycles. The second-order valence-corrected chi connectivity index (χ2v) is 8.19. The van der Waals surface area contributed by atoms with Gasteiger partial charge in [-0.15, -0.1) is 0 Å². The SMILES string of the molecule is COc1ccc(C(=O)CN2C(=O)S/C(=C/c3ccc(OCC(C)C)cc3)C2=O)cc1. The Labute approximate surface area is 179 Å². The lowest BCUT2D eigenvalue weighted by Gasteiger charge is -2.11. The number of carbonyl (C=O) groups is 3. The zero-order chi connectivity index (χ0) is 21.7. The Bertz CT molecular complexity index is 964. The predicted octanol–water partition coefficient (Wildman–Crippen LogP) is 4.65. The highest BCUT2D eigenvalue weighted by atomic mass is 32.2. The van der Waals surface area contributed by atoms with Crippen LogP contribution in [0.2, 0.25) is 0 Å². The number of imide groups is 1. The summed E-state index contributed by atoms with van der Waals surface area (Å²) in [6.07, 6.45) is 1.65. The number of hydrogen-bond acceptors (Lipinski definition) is 6. The molecule has 2 aromatic carbocycles. The highest BCUT2D eigenvalue weighted by Gasteiger charge is 2.36. The highest BCUT2D eigenvalue weighted by molar-refractivity contribution is 8.18. The molecule has 1 heterocycles. The second kappa shape index (κ2) is 9.63. The minimum Gasteiger partial charge on any atom is -0.497 e. The molecule has 3 rings (SSSR count). The molecule has 0 aromatic heterocycles. The topological polar surface area (TPSA) is 72.9 Å². The van der Waals surface area contributed by atoms with Crippen LogP contribution in [0.25, 0.3) is 6.08 Å². The molecular formula is C23H23NO5S. The summed E-state index contributed by atoms with van der Waals surface area (Å²) in [7, 11) is 1.54. The Kier molecular flexibility index (Phi) is 6.95. The van der Waals surface area contributed by atoms with E-state index in [1.165, 1.54) is 7.11 Å². The standard InChI is InChI=1S/C23H23NO5S/c1-15(2)14-29-19-8-4-16(5-9-19)12-21-22(26)24(23(27)30-21)13-20(25)17-6-10-18(28-3)11-7-17/h4-12,15H,13-14H2,1-3H3/b21-12+. The summed E-state index contributed by atoms with van der Waals surface area (Å²) in [6.45, 7) is 4.48. The second-order valence-electron chi connectivity index (χ2n) is 7.19. The lowest BCUT2D eigenvalue weighted by Crippen LogP contribution is -2.33. The van der Waals surface area contributed by atoms with Crippen molar-refractivity contribution in [2.45, 2.75) is 13.8 Å². The zero-order valence-electron chi connectivity index (χ0n) is 17.1. The molecule has 0 aliphatic carbocycles. The van der Waals surface area contributed by atoms with Gasteiger partial charge in [0, 0.05) is 5.56 Å². The zero-order valence-corrected chi connectivity index (χ0v) is 17.9. The molecule has 156 valence electrons. The molecule has 1 fully saturated rings. The van der Waals surface area contributed by atoms with Crippen molar-refractivity contribution in [2.75, 3.05) is 20.3 Å². The smallest absolute Gasteiger partial charge is 0.293 e. The van der Waals surface area contributed by atoms with E-state index < -0.39 is 11.1 Å². The first-order valence-electron chi connectivity index (χ1n) is 9.53. The van der Waals surface area contributed by atoms with Crippen molar-refractivity contribution < 1.29 is 23.9 Å². The Morgan fingerprint density at radius 2 is 1.67 bits per heavy atom.